The molecule has 1 N–H and O–H groups in total. The van der Waals surface area contributed by atoms with E-state index in [0.29, 0.717) is 6.42 Å². The molecule has 3 rings (SSSR count). The number of hydrogen-bond acceptors (Lipinski definition) is 3. The van der Waals surface area contributed by atoms with Gasteiger partial charge in [0.15, 0.2) is 0 Å². The quantitative estimate of drug-likeness (QED) is 0.499. The molecule has 29 heavy (non-hydrogen) atoms. The zero-order valence-corrected chi connectivity index (χ0v) is 18.8. The first-order chi connectivity index (χ1) is 13.8. The third-order valence-electron chi connectivity index (χ3n) is 6.00. The van der Waals surface area contributed by atoms with Crippen LogP contribution in [0.5, 0.6) is 0 Å². The minimum atomic E-state index is -2.67. The largest absolute Gasteiger partial charge is 0.481 e. The van der Waals surface area contributed by atoms with Gasteiger partial charge >= 0.3 is 5.97 Å². The van der Waals surface area contributed by atoms with Gasteiger partial charge in [0.05, 0.1) is 5.92 Å². The maximum atomic E-state index is 11.2. The highest BCUT2D eigenvalue weighted by atomic mass is 28.4. The van der Waals surface area contributed by atoms with Gasteiger partial charge in [-0.3, -0.25) is 4.79 Å². The van der Waals surface area contributed by atoms with Gasteiger partial charge < -0.3 is 14.3 Å². The fraction of sp³-hybridized carbons (Fsp3) is 0.458. The van der Waals surface area contributed by atoms with Crippen LogP contribution in [0.4, 0.5) is 0 Å². The van der Waals surface area contributed by atoms with Crippen LogP contribution < -0.4 is 10.4 Å². The van der Waals surface area contributed by atoms with E-state index in [1.54, 1.807) is 7.11 Å². The summed E-state index contributed by atoms with van der Waals surface area (Å²) in [4.78, 5) is 11.2. The lowest BCUT2D eigenvalue weighted by atomic mass is 10.2. The topological polar surface area (TPSA) is 55.8 Å². The number of ether oxygens (including phenoxy) is 1. The van der Waals surface area contributed by atoms with E-state index in [1.165, 1.54) is 10.4 Å². The van der Waals surface area contributed by atoms with Crippen molar-refractivity contribution in [2.45, 2.75) is 51.4 Å². The molecule has 5 heteroatoms. The summed E-state index contributed by atoms with van der Waals surface area (Å²) in [6.07, 6.45) is 1.92. The van der Waals surface area contributed by atoms with Crippen LogP contribution in [0.25, 0.3) is 0 Å². The lowest BCUT2D eigenvalue weighted by molar-refractivity contribution is -0.139. The maximum Gasteiger partial charge on any atom is 0.306 e. The van der Waals surface area contributed by atoms with Crippen LogP contribution in [0.15, 0.2) is 60.7 Å². The van der Waals surface area contributed by atoms with Gasteiger partial charge in [0.1, 0.15) is 6.29 Å². The monoisotopic (exact) mass is 412 g/mol. The Morgan fingerprint density at radius 2 is 1.59 bits per heavy atom. The van der Waals surface area contributed by atoms with Crippen molar-refractivity contribution in [3.63, 3.8) is 0 Å². The van der Waals surface area contributed by atoms with E-state index in [9.17, 15) is 9.90 Å². The highest BCUT2D eigenvalue weighted by Gasteiger charge is 2.52. The van der Waals surface area contributed by atoms with E-state index >= 15 is 0 Å². The molecule has 2 aromatic carbocycles. The molecule has 1 aliphatic carbocycles. The number of carbonyl (C=O) groups is 1. The van der Waals surface area contributed by atoms with Crippen LogP contribution in [0, 0.1) is 11.8 Å². The number of hydrogen-bond donors (Lipinski definition) is 1. The molecule has 0 saturated heterocycles. The zero-order chi connectivity index (χ0) is 21.1. The van der Waals surface area contributed by atoms with Crippen molar-refractivity contribution in [3.8, 4) is 0 Å². The number of methoxy groups -OCH3 is 1. The molecule has 0 aromatic heterocycles. The summed E-state index contributed by atoms with van der Waals surface area (Å²) in [5, 5.41) is 11.5. The second kappa shape index (κ2) is 8.82. The van der Waals surface area contributed by atoms with E-state index in [2.05, 4.69) is 69.3 Å². The highest BCUT2D eigenvalue weighted by Crippen LogP contribution is 2.43. The van der Waals surface area contributed by atoms with Crippen LogP contribution >= 0.6 is 0 Å². The van der Waals surface area contributed by atoms with Gasteiger partial charge in [-0.15, -0.1) is 0 Å². The average molecular weight is 413 g/mol. The van der Waals surface area contributed by atoms with E-state index < -0.39 is 14.3 Å². The Morgan fingerprint density at radius 3 is 1.97 bits per heavy atom. The van der Waals surface area contributed by atoms with E-state index in [1.807, 2.05) is 12.1 Å². The second-order valence-electron chi connectivity index (χ2n) is 8.96. The Morgan fingerprint density at radius 1 is 1.07 bits per heavy atom. The minimum absolute atomic E-state index is 0.115. The lowest BCUT2D eigenvalue weighted by Gasteiger charge is -2.44. The van der Waals surface area contributed by atoms with Gasteiger partial charge in [0.2, 0.25) is 0 Å². The van der Waals surface area contributed by atoms with Crippen LogP contribution in [0.2, 0.25) is 5.04 Å². The van der Waals surface area contributed by atoms with Crippen molar-refractivity contribution in [2.24, 2.45) is 11.8 Å². The van der Waals surface area contributed by atoms with Crippen molar-refractivity contribution >= 4 is 24.7 Å². The van der Waals surface area contributed by atoms with Gasteiger partial charge in [0, 0.05) is 7.11 Å². The van der Waals surface area contributed by atoms with Crippen LogP contribution in [-0.4, -0.2) is 32.8 Å². The number of aliphatic carboxylic acids is 1. The predicted octanol–water partition coefficient (Wildman–Crippen LogP) is 4.04. The molecule has 0 spiro atoms. The number of benzene rings is 2. The predicted molar refractivity (Wildman–Crippen MR) is 118 cm³/mol. The van der Waals surface area contributed by atoms with Crippen molar-refractivity contribution in [2.75, 3.05) is 7.11 Å². The molecule has 4 nitrogen and oxygen atoms in total. The fourth-order valence-electron chi connectivity index (χ4n) is 4.33. The van der Waals surface area contributed by atoms with Crippen LogP contribution in [0.1, 0.15) is 40.0 Å². The molecule has 0 radical (unpaired) electrons. The third-order valence-corrected chi connectivity index (χ3v) is 11.0. The van der Waals surface area contributed by atoms with Crippen molar-refractivity contribution in [1.82, 2.24) is 0 Å². The number of rotatable bonds is 9. The molecule has 0 amide bonds. The SMILES string of the molecule is CO[C@H](CCC1CC1C(=O)O)O[Si](c1ccccc1)(c1ccccc1)C(C)(C)C. The van der Waals surface area contributed by atoms with Crippen LogP contribution in [0.3, 0.4) is 0 Å². The Bertz CT molecular complexity index is 761. The molecule has 1 saturated carbocycles. The first-order valence-corrected chi connectivity index (χ1v) is 12.2. The Kier molecular flexibility index (Phi) is 6.61. The summed E-state index contributed by atoms with van der Waals surface area (Å²) in [7, 11) is -0.981. The summed E-state index contributed by atoms with van der Waals surface area (Å²) in [5.41, 5.74) is 0. The summed E-state index contributed by atoms with van der Waals surface area (Å²) in [6.45, 7) is 6.73. The highest BCUT2D eigenvalue weighted by molar-refractivity contribution is 6.99. The molecule has 0 aliphatic heterocycles. The normalized spacial score (nSPS) is 20.3. The number of carboxylic acids is 1. The van der Waals surface area contributed by atoms with Crippen molar-refractivity contribution in [1.29, 1.82) is 0 Å². The molecule has 2 unspecified atom stereocenters. The first kappa shape index (κ1) is 21.7. The Labute approximate surface area is 175 Å². The first-order valence-electron chi connectivity index (χ1n) is 10.3. The van der Waals surface area contributed by atoms with Crippen molar-refractivity contribution < 1.29 is 19.1 Å². The Hall–Kier alpha value is -1.95. The van der Waals surface area contributed by atoms with E-state index in [4.69, 9.17) is 9.16 Å². The molecular formula is C24H32O4Si. The molecule has 0 heterocycles. The number of carboxylic acid groups (broad SMARTS) is 1. The summed E-state index contributed by atoms with van der Waals surface area (Å²) >= 11 is 0. The fourth-order valence-corrected chi connectivity index (χ4v) is 8.96. The van der Waals surface area contributed by atoms with Gasteiger partial charge in [-0.05, 0) is 40.6 Å². The summed E-state index contributed by atoms with van der Waals surface area (Å²) in [6, 6.07) is 21.0. The van der Waals surface area contributed by atoms with E-state index in [0.717, 1.165) is 12.8 Å². The minimum Gasteiger partial charge on any atom is -0.481 e. The molecule has 0 bridgehead atoms. The molecule has 3 atom stereocenters. The van der Waals surface area contributed by atoms with Gasteiger partial charge in [-0.2, -0.15) is 0 Å². The zero-order valence-electron chi connectivity index (χ0n) is 17.8. The lowest BCUT2D eigenvalue weighted by Crippen LogP contribution is -2.67. The molecule has 2 aromatic rings. The van der Waals surface area contributed by atoms with Crippen LogP contribution in [-0.2, 0) is 14.0 Å². The van der Waals surface area contributed by atoms with E-state index in [-0.39, 0.29) is 23.2 Å². The average Bonchev–Trinajstić information content (AvgIpc) is 3.49. The van der Waals surface area contributed by atoms with Gasteiger partial charge in [-0.25, -0.2) is 0 Å². The molecule has 156 valence electrons. The van der Waals surface area contributed by atoms with Gasteiger partial charge in [0.25, 0.3) is 8.32 Å². The maximum absolute atomic E-state index is 11.2. The third kappa shape index (κ3) is 4.63. The Balaban J connectivity index is 1.93. The molecular weight excluding hydrogens is 380 g/mol. The smallest absolute Gasteiger partial charge is 0.306 e. The summed E-state index contributed by atoms with van der Waals surface area (Å²) < 4.78 is 12.8. The second-order valence-corrected chi connectivity index (χ2v) is 13.2. The van der Waals surface area contributed by atoms with Crippen molar-refractivity contribution in [3.05, 3.63) is 60.7 Å². The standard InChI is InChI=1S/C24H32O4Si/c1-24(2,3)29(19-11-7-5-8-12-19,20-13-9-6-10-14-20)28-22(27-4)16-15-18-17-21(18)23(25)26/h5-14,18,21-22H,15-17H2,1-4H3,(H,25,26)/t18?,21?,22-/m0/s1. The van der Waals surface area contributed by atoms with Gasteiger partial charge in [-0.1, -0.05) is 81.4 Å². The molecule has 1 aliphatic rings. The summed E-state index contributed by atoms with van der Waals surface area (Å²) in [5.74, 6) is -0.634. The molecule has 1 fully saturated rings.